The van der Waals surface area contributed by atoms with Crippen molar-refractivity contribution in [2.24, 2.45) is 0 Å². The number of ether oxygens (including phenoxy) is 1. The Hall–Kier alpha value is -0.870. The van der Waals surface area contributed by atoms with E-state index in [-0.39, 0.29) is 12.1 Å². The molecule has 120 valence electrons. The minimum atomic E-state index is -0.760. The van der Waals surface area contributed by atoms with Crippen molar-refractivity contribution in [2.75, 3.05) is 18.6 Å². The molecule has 0 bridgehead atoms. The van der Waals surface area contributed by atoms with Gasteiger partial charge in [-0.3, -0.25) is 4.21 Å². The molecule has 0 saturated heterocycles. The average Bonchev–Trinajstić information content (AvgIpc) is 2.45. The monoisotopic (exact) mass is 311 g/mol. The van der Waals surface area contributed by atoms with Crippen molar-refractivity contribution in [1.29, 1.82) is 0 Å². The topological polar surface area (TPSA) is 38.3 Å². The van der Waals surface area contributed by atoms with Crippen LogP contribution in [0.1, 0.15) is 51.6 Å². The van der Waals surface area contributed by atoms with Gasteiger partial charge in [0.1, 0.15) is 5.75 Å². The van der Waals surface area contributed by atoms with Crippen LogP contribution in [0.2, 0.25) is 0 Å². The van der Waals surface area contributed by atoms with Crippen molar-refractivity contribution in [3.63, 3.8) is 0 Å². The van der Waals surface area contributed by atoms with Crippen molar-refractivity contribution in [1.82, 2.24) is 5.32 Å². The van der Waals surface area contributed by atoms with Crippen LogP contribution in [0, 0.1) is 0 Å². The Morgan fingerprint density at radius 2 is 1.86 bits per heavy atom. The van der Waals surface area contributed by atoms with Gasteiger partial charge in [-0.1, -0.05) is 31.9 Å². The number of nitrogens with one attached hydrogen (secondary N) is 1. The van der Waals surface area contributed by atoms with E-state index < -0.39 is 10.8 Å². The van der Waals surface area contributed by atoms with Gasteiger partial charge in [0.2, 0.25) is 0 Å². The fourth-order valence-electron chi connectivity index (χ4n) is 2.18. The second kappa shape index (κ2) is 9.96. The Morgan fingerprint density at radius 1 is 1.19 bits per heavy atom. The minimum absolute atomic E-state index is 0.139. The van der Waals surface area contributed by atoms with E-state index >= 15 is 0 Å². The highest BCUT2D eigenvalue weighted by atomic mass is 32.2. The lowest BCUT2D eigenvalue weighted by atomic mass is 10.1. The van der Waals surface area contributed by atoms with Crippen molar-refractivity contribution in [3.05, 3.63) is 29.8 Å². The van der Waals surface area contributed by atoms with Crippen molar-refractivity contribution in [3.8, 4) is 5.75 Å². The molecule has 2 atom stereocenters. The van der Waals surface area contributed by atoms with E-state index in [2.05, 4.69) is 24.4 Å². The Labute approximate surface area is 131 Å². The van der Waals surface area contributed by atoms with Crippen LogP contribution in [0.25, 0.3) is 0 Å². The second-order valence-electron chi connectivity index (χ2n) is 5.59. The van der Waals surface area contributed by atoms with Gasteiger partial charge in [0.15, 0.2) is 0 Å². The van der Waals surface area contributed by atoms with E-state index in [1.165, 1.54) is 6.42 Å². The summed E-state index contributed by atoms with van der Waals surface area (Å²) in [6, 6.07) is 8.23. The highest BCUT2D eigenvalue weighted by molar-refractivity contribution is 7.85. The van der Waals surface area contributed by atoms with Gasteiger partial charge in [0.25, 0.3) is 0 Å². The summed E-state index contributed by atoms with van der Waals surface area (Å²) in [4.78, 5) is 0. The van der Waals surface area contributed by atoms with Gasteiger partial charge in [0, 0.05) is 28.3 Å². The molecule has 0 aliphatic heterocycles. The van der Waals surface area contributed by atoms with Crippen LogP contribution in [-0.2, 0) is 10.8 Å². The molecule has 1 aromatic carbocycles. The largest absolute Gasteiger partial charge is 0.491 e. The zero-order valence-corrected chi connectivity index (χ0v) is 14.5. The molecule has 1 aromatic rings. The van der Waals surface area contributed by atoms with E-state index in [9.17, 15) is 4.21 Å². The molecule has 1 N–H and O–H groups in total. The van der Waals surface area contributed by atoms with E-state index in [4.69, 9.17) is 4.74 Å². The summed E-state index contributed by atoms with van der Waals surface area (Å²) in [5.74, 6) is 2.36. The number of hydrogen-bond acceptors (Lipinski definition) is 3. The van der Waals surface area contributed by atoms with Crippen LogP contribution < -0.4 is 10.1 Å². The second-order valence-corrected chi connectivity index (χ2v) is 7.22. The summed E-state index contributed by atoms with van der Waals surface area (Å²) >= 11 is 0. The molecule has 0 aliphatic carbocycles. The lowest BCUT2D eigenvalue weighted by Crippen LogP contribution is -2.23. The van der Waals surface area contributed by atoms with Gasteiger partial charge in [-0.15, -0.1) is 0 Å². The Bertz CT molecular complexity index is 417. The quantitative estimate of drug-likeness (QED) is 0.670. The fourth-order valence-corrected chi connectivity index (χ4v) is 3.60. The highest BCUT2D eigenvalue weighted by Gasteiger charge is 2.13. The first-order chi connectivity index (χ1) is 10.1. The molecule has 0 spiro atoms. The van der Waals surface area contributed by atoms with Crippen LogP contribution in [0.5, 0.6) is 5.75 Å². The molecular weight excluding hydrogens is 282 g/mol. The number of rotatable bonds is 10. The average molecular weight is 311 g/mol. The Balaban J connectivity index is 2.57. The Morgan fingerprint density at radius 3 is 2.38 bits per heavy atom. The van der Waals surface area contributed by atoms with Crippen molar-refractivity contribution in [2.45, 2.75) is 52.2 Å². The maximum Gasteiger partial charge on any atom is 0.119 e. The van der Waals surface area contributed by atoms with Crippen molar-refractivity contribution < 1.29 is 8.95 Å². The summed E-state index contributed by atoms with van der Waals surface area (Å²) < 4.78 is 17.8. The minimum Gasteiger partial charge on any atom is -0.491 e. The van der Waals surface area contributed by atoms with Gasteiger partial charge >= 0.3 is 0 Å². The SMILES string of the molecule is CCCCCS(=O)CC(NC)c1ccc(OC(C)C)cc1. The third kappa shape index (κ3) is 7.09. The molecule has 0 heterocycles. The smallest absolute Gasteiger partial charge is 0.119 e. The zero-order valence-electron chi connectivity index (χ0n) is 13.7. The van der Waals surface area contributed by atoms with E-state index in [0.717, 1.165) is 29.9 Å². The molecule has 4 heteroatoms. The number of benzene rings is 1. The molecule has 2 unspecified atom stereocenters. The zero-order chi connectivity index (χ0) is 15.7. The third-order valence-corrected chi connectivity index (χ3v) is 4.78. The molecule has 0 amide bonds. The van der Waals surface area contributed by atoms with Gasteiger partial charge in [-0.05, 0) is 45.0 Å². The first-order valence-corrected chi connectivity index (χ1v) is 9.34. The predicted octanol–water partition coefficient (Wildman–Crippen LogP) is 3.67. The summed E-state index contributed by atoms with van der Waals surface area (Å²) in [6.45, 7) is 6.20. The van der Waals surface area contributed by atoms with Crippen molar-refractivity contribution >= 4 is 10.8 Å². The molecule has 0 aliphatic rings. The van der Waals surface area contributed by atoms with Crippen LogP contribution in [0.15, 0.2) is 24.3 Å². The molecule has 0 aromatic heterocycles. The molecule has 3 nitrogen and oxygen atoms in total. The van der Waals surface area contributed by atoms with Gasteiger partial charge in [-0.2, -0.15) is 0 Å². The lowest BCUT2D eigenvalue weighted by Gasteiger charge is -2.17. The normalized spacial score (nSPS) is 14.1. The van der Waals surface area contributed by atoms with Gasteiger partial charge < -0.3 is 10.1 Å². The molecular formula is C17H29NO2S. The van der Waals surface area contributed by atoms with Crippen LogP contribution in [0.3, 0.4) is 0 Å². The lowest BCUT2D eigenvalue weighted by molar-refractivity contribution is 0.242. The van der Waals surface area contributed by atoms with Crippen LogP contribution in [0.4, 0.5) is 0 Å². The van der Waals surface area contributed by atoms with Gasteiger partial charge in [0.05, 0.1) is 6.10 Å². The van der Waals surface area contributed by atoms with Crippen LogP contribution in [-0.4, -0.2) is 28.9 Å². The first-order valence-electron chi connectivity index (χ1n) is 7.85. The Kier molecular flexibility index (Phi) is 8.62. The number of hydrogen-bond donors (Lipinski definition) is 1. The first kappa shape index (κ1) is 18.2. The molecule has 21 heavy (non-hydrogen) atoms. The van der Waals surface area contributed by atoms with E-state index in [1.807, 2.05) is 33.0 Å². The predicted molar refractivity (Wildman–Crippen MR) is 91.4 cm³/mol. The van der Waals surface area contributed by atoms with Gasteiger partial charge in [-0.25, -0.2) is 0 Å². The highest BCUT2D eigenvalue weighted by Crippen LogP contribution is 2.19. The summed E-state index contributed by atoms with van der Waals surface area (Å²) in [5.41, 5.74) is 1.16. The molecule has 0 radical (unpaired) electrons. The third-order valence-electron chi connectivity index (χ3n) is 3.33. The summed E-state index contributed by atoms with van der Waals surface area (Å²) in [5, 5.41) is 3.27. The molecule has 0 fully saturated rings. The number of unbranched alkanes of at least 4 members (excludes halogenated alkanes) is 2. The van der Waals surface area contributed by atoms with E-state index in [0.29, 0.717) is 5.75 Å². The summed E-state index contributed by atoms with van der Waals surface area (Å²) in [7, 11) is 1.16. The summed E-state index contributed by atoms with van der Waals surface area (Å²) in [6.07, 6.45) is 3.57. The maximum absolute atomic E-state index is 12.1. The standard InChI is InChI=1S/C17H29NO2S/c1-5-6-7-12-21(19)13-17(18-4)15-8-10-16(11-9-15)20-14(2)3/h8-11,14,17-18H,5-7,12-13H2,1-4H3. The van der Waals surface area contributed by atoms with Crippen LogP contribution >= 0.6 is 0 Å². The maximum atomic E-state index is 12.1. The fraction of sp³-hybridized carbons (Fsp3) is 0.647. The molecule has 1 rings (SSSR count). The molecule has 0 saturated carbocycles. The van der Waals surface area contributed by atoms with E-state index in [1.54, 1.807) is 0 Å².